The van der Waals surface area contributed by atoms with Crippen LogP contribution in [-0.4, -0.2) is 71.7 Å². The van der Waals surface area contributed by atoms with Gasteiger partial charge in [0.25, 0.3) is 22.4 Å². The van der Waals surface area contributed by atoms with Crippen molar-refractivity contribution in [2.24, 2.45) is 5.92 Å². The van der Waals surface area contributed by atoms with Crippen LogP contribution in [0.5, 0.6) is 0 Å². The van der Waals surface area contributed by atoms with E-state index in [1.165, 1.54) is 0 Å². The number of hydrogen-bond acceptors (Lipinski definition) is 10. The molecule has 2 amide bonds. The highest BCUT2D eigenvalue weighted by Gasteiger charge is 2.33. The maximum absolute atomic E-state index is 13.1. The molecule has 0 aliphatic heterocycles. The number of rotatable bonds is 12. The second kappa shape index (κ2) is 13.1. The number of nitrogens with one attached hydrogen (secondary N) is 3. The quantitative estimate of drug-likeness (QED) is 0.254. The first kappa shape index (κ1) is 28.7. The number of nitrogens with zero attached hydrogens (tertiary/aromatic N) is 4. The monoisotopic (exact) mass is 569 g/mol. The van der Waals surface area contributed by atoms with Gasteiger partial charge in [-0.25, -0.2) is 45.3 Å². The fourth-order valence-corrected chi connectivity index (χ4v) is 5.11. The molecule has 0 aromatic carbocycles. The average Bonchev–Trinajstić information content (AvgIpc) is 3.34. The molecule has 0 saturated heterocycles. The smallest absolute Gasteiger partial charge is 0.277 e. The highest BCUT2D eigenvalue weighted by atomic mass is 32.2. The minimum Gasteiger partial charge on any atom is -0.338 e. The van der Waals surface area contributed by atoms with Crippen LogP contribution in [0.2, 0.25) is 0 Å². The van der Waals surface area contributed by atoms with Crippen molar-refractivity contribution in [3.8, 4) is 0 Å². The molecular formula is C19H23F4N7O5S2. The number of thioether (sulfide) groups is 1. The second-order valence-corrected chi connectivity index (χ2v) is 10.7. The van der Waals surface area contributed by atoms with Crippen LogP contribution in [0.25, 0.3) is 0 Å². The van der Waals surface area contributed by atoms with E-state index in [2.05, 4.69) is 35.5 Å². The molecule has 1 fully saturated rings. The summed E-state index contributed by atoms with van der Waals surface area (Å²) in [6.45, 7) is -1.10. The van der Waals surface area contributed by atoms with E-state index < -0.39 is 58.1 Å². The van der Waals surface area contributed by atoms with Gasteiger partial charge in [0.1, 0.15) is 6.04 Å². The van der Waals surface area contributed by atoms with Crippen LogP contribution in [0.15, 0.2) is 27.1 Å². The lowest BCUT2D eigenvalue weighted by molar-refractivity contribution is -0.119. The van der Waals surface area contributed by atoms with E-state index in [9.17, 15) is 35.6 Å². The van der Waals surface area contributed by atoms with Crippen LogP contribution in [0, 0.1) is 5.92 Å². The van der Waals surface area contributed by atoms with Crippen molar-refractivity contribution in [2.45, 2.75) is 61.0 Å². The van der Waals surface area contributed by atoms with Gasteiger partial charge in [-0.3, -0.25) is 9.59 Å². The van der Waals surface area contributed by atoms with E-state index >= 15 is 0 Å². The highest BCUT2D eigenvalue weighted by molar-refractivity contribution is 7.99. The Kier molecular flexibility index (Phi) is 10.2. The van der Waals surface area contributed by atoms with E-state index in [0.717, 1.165) is 31.7 Å². The number of carbonyl (C=O) groups excluding carboxylic acids is 2. The predicted molar refractivity (Wildman–Crippen MR) is 121 cm³/mol. The number of carbonyl (C=O) groups is 2. The molecule has 2 aromatic rings. The Labute approximate surface area is 212 Å². The molecule has 0 radical (unpaired) electrons. The molecule has 204 valence electrons. The summed E-state index contributed by atoms with van der Waals surface area (Å²) in [5.41, 5.74) is -0.343. The predicted octanol–water partition coefficient (Wildman–Crippen LogP) is 2.08. The zero-order chi connectivity index (χ0) is 27.0. The molecule has 2 aromatic heterocycles. The third-order valence-electron chi connectivity index (χ3n) is 5.29. The van der Waals surface area contributed by atoms with Crippen LogP contribution in [0.4, 0.5) is 23.4 Å². The lowest BCUT2D eigenvalue weighted by Crippen LogP contribution is -2.49. The Morgan fingerprint density at radius 3 is 2.41 bits per heavy atom. The number of aromatic nitrogens is 4. The Bertz CT molecular complexity index is 1160. The van der Waals surface area contributed by atoms with Gasteiger partial charge in [-0.05, 0) is 29.1 Å². The largest absolute Gasteiger partial charge is 0.338 e. The van der Waals surface area contributed by atoms with Crippen molar-refractivity contribution in [3.05, 3.63) is 18.1 Å². The summed E-state index contributed by atoms with van der Waals surface area (Å²) in [7, 11) is -4.33. The molecule has 12 nitrogen and oxygen atoms in total. The van der Waals surface area contributed by atoms with Crippen molar-refractivity contribution < 1.29 is 40.2 Å². The number of anilines is 1. The first-order valence-electron chi connectivity index (χ1n) is 11.0. The van der Waals surface area contributed by atoms with Gasteiger partial charge >= 0.3 is 0 Å². The van der Waals surface area contributed by atoms with Gasteiger partial charge in [-0.2, -0.15) is 0 Å². The summed E-state index contributed by atoms with van der Waals surface area (Å²) >= 11 is 0.579. The van der Waals surface area contributed by atoms with Crippen LogP contribution in [0.1, 0.15) is 42.6 Å². The molecular weight excluding hydrogens is 546 g/mol. The van der Waals surface area contributed by atoms with Crippen LogP contribution in [0.3, 0.4) is 0 Å². The Balaban J connectivity index is 1.72. The molecule has 37 heavy (non-hydrogen) atoms. The van der Waals surface area contributed by atoms with E-state index in [4.69, 9.17) is 0 Å². The summed E-state index contributed by atoms with van der Waals surface area (Å²) < 4.78 is 79.9. The van der Waals surface area contributed by atoms with Gasteiger partial charge in [0.15, 0.2) is 15.9 Å². The van der Waals surface area contributed by atoms with Crippen molar-refractivity contribution >= 4 is 39.4 Å². The maximum atomic E-state index is 13.1. The SMILES string of the molecule is O=C(N[C@H](C(=O)Nc1cnc(S(=O)(=O)NCC(F)F)cn1)C1CCCCC1)c1nonc1SCC(F)F. The zero-order valence-electron chi connectivity index (χ0n) is 19.1. The Morgan fingerprint density at radius 2 is 1.78 bits per heavy atom. The van der Waals surface area contributed by atoms with Crippen molar-refractivity contribution in [1.82, 2.24) is 30.3 Å². The number of halogens is 4. The third kappa shape index (κ3) is 8.32. The zero-order valence-corrected chi connectivity index (χ0v) is 20.7. The van der Waals surface area contributed by atoms with Gasteiger partial charge in [0.2, 0.25) is 18.0 Å². The molecule has 2 heterocycles. The third-order valence-corrected chi connectivity index (χ3v) is 7.56. The topological polar surface area (TPSA) is 169 Å². The molecule has 3 N–H and O–H groups in total. The molecule has 1 atom stereocenters. The molecule has 0 bridgehead atoms. The van der Waals surface area contributed by atoms with Gasteiger partial charge in [0.05, 0.1) is 24.7 Å². The summed E-state index contributed by atoms with van der Waals surface area (Å²) in [5.74, 6) is -2.58. The van der Waals surface area contributed by atoms with E-state index in [1.807, 2.05) is 0 Å². The molecule has 1 saturated carbocycles. The van der Waals surface area contributed by atoms with Crippen molar-refractivity contribution in [2.75, 3.05) is 17.6 Å². The minimum absolute atomic E-state index is 0.149. The summed E-state index contributed by atoms with van der Waals surface area (Å²) in [4.78, 5) is 33.4. The van der Waals surface area contributed by atoms with Crippen molar-refractivity contribution in [1.29, 1.82) is 0 Å². The van der Waals surface area contributed by atoms with Gasteiger partial charge in [0, 0.05) is 0 Å². The Hall–Kier alpha value is -2.86. The molecule has 0 spiro atoms. The van der Waals surface area contributed by atoms with Crippen LogP contribution < -0.4 is 15.4 Å². The second-order valence-electron chi connectivity index (χ2n) is 7.94. The fraction of sp³-hybridized carbons (Fsp3) is 0.579. The van der Waals surface area contributed by atoms with Gasteiger partial charge in [-0.1, -0.05) is 31.0 Å². The number of alkyl halides is 4. The van der Waals surface area contributed by atoms with Gasteiger partial charge < -0.3 is 10.6 Å². The molecule has 1 aliphatic rings. The van der Waals surface area contributed by atoms with E-state index in [-0.39, 0.29) is 22.5 Å². The summed E-state index contributed by atoms with van der Waals surface area (Å²) in [6, 6.07) is -1.07. The van der Waals surface area contributed by atoms with Crippen LogP contribution in [-0.2, 0) is 14.8 Å². The first-order valence-corrected chi connectivity index (χ1v) is 13.5. The maximum Gasteiger partial charge on any atom is 0.277 e. The Morgan fingerprint density at radius 1 is 1.05 bits per heavy atom. The average molecular weight is 570 g/mol. The fourth-order valence-electron chi connectivity index (χ4n) is 3.60. The number of amides is 2. The van der Waals surface area contributed by atoms with E-state index in [0.29, 0.717) is 24.6 Å². The summed E-state index contributed by atoms with van der Waals surface area (Å²) in [6.07, 6.45) is 0.0116. The normalized spacial score (nSPS) is 15.6. The number of hydrogen-bond donors (Lipinski definition) is 3. The van der Waals surface area contributed by atoms with Crippen molar-refractivity contribution in [3.63, 3.8) is 0 Å². The first-order chi connectivity index (χ1) is 17.6. The standard InChI is InChI=1S/C19H23F4N7O5S2/c20-11(21)6-26-37(33,34)14-8-24-13(7-25-14)27-17(31)15(10-4-2-1-3-5-10)28-18(32)16-19(30-35-29-16)36-9-12(22)23/h7-8,10-12,15,26H,1-6,9H2,(H,28,32)(H,24,27,31)/t15-/m0/s1. The summed E-state index contributed by atoms with van der Waals surface area (Å²) in [5, 5.41) is 11.2. The number of sulfonamides is 1. The molecule has 18 heteroatoms. The van der Waals surface area contributed by atoms with E-state index in [1.54, 1.807) is 4.72 Å². The molecule has 3 rings (SSSR count). The van der Waals surface area contributed by atoms with Crippen LogP contribution >= 0.6 is 11.8 Å². The minimum atomic E-state index is -4.33. The highest BCUT2D eigenvalue weighted by Crippen LogP contribution is 2.28. The lowest BCUT2D eigenvalue weighted by atomic mass is 9.83. The molecule has 1 aliphatic carbocycles. The lowest BCUT2D eigenvalue weighted by Gasteiger charge is -2.29. The van der Waals surface area contributed by atoms with Gasteiger partial charge in [-0.15, -0.1) is 0 Å². The molecule has 0 unspecified atom stereocenters.